The van der Waals surface area contributed by atoms with Crippen molar-refractivity contribution in [3.8, 4) is 33.4 Å². The molecule has 0 bridgehead atoms. The summed E-state index contributed by atoms with van der Waals surface area (Å²) in [7, 11) is 0. The molecule has 0 atom stereocenters. The quantitative estimate of drug-likeness (QED) is 0.147. The molecular weight excluding hydrogens is 807 g/mol. The molecule has 0 aliphatic heterocycles. The zero-order valence-corrected chi connectivity index (χ0v) is 36.9. The maximum atomic E-state index is 2.54. The Labute approximate surface area is 392 Å². The first kappa shape index (κ1) is 38.9. The van der Waals surface area contributed by atoms with E-state index in [4.69, 9.17) is 0 Å². The third kappa shape index (κ3) is 5.75. The second-order valence-electron chi connectivity index (χ2n) is 17.9. The zero-order chi connectivity index (χ0) is 44.4. The van der Waals surface area contributed by atoms with Crippen molar-refractivity contribution in [2.75, 3.05) is 4.90 Å². The van der Waals surface area contributed by atoms with E-state index >= 15 is 0 Å². The highest BCUT2D eigenvalue weighted by atomic mass is 15.1. The van der Waals surface area contributed by atoms with E-state index < -0.39 is 10.8 Å². The number of anilines is 3. The molecule has 0 N–H and O–H groups in total. The minimum Gasteiger partial charge on any atom is -0.310 e. The zero-order valence-electron chi connectivity index (χ0n) is 36.9. The van der Waals surface area contributed by atoms with Crippen LogP contribution in [0.5, 0.6) is 0 Å². The Balaban J connectivity index is 1.16. The predicted octanol–water partition coefficient (Wildman–Crippen LogP) is 16.7. The first-order valence-electron chi connectivity index (χ1n) is 23.3. The Morgan fingerprint density at radius 3 is 1.39 bits per heavy atom. The van der Waals surface area contributed by atoms with Gasteiger partial charge in [-0.2, -0.15) is 0 Å². The smallest absolute Gasteiger partial charge is 0.0720 e. The monoisotopic (exact) mass is 851 g/mol. The number of hydrogen-bond donors (Lipinski definition) is 0. The minimum absolute atomic E-state index is 0.547. The summed E-state index contributed by atoms with van der Waals surface area (Å²) in [5.41, 5.74) is 19.7. The molecule has 11 aromatic carbocycles. The summed E-state index contributed by atoms with van der Waals surface area (Å²) in [6.07, 6.45) is 0. The summed E-state index contributed by atoms with van der Waals surface area (Å²) >= 11 is 0. The Morgan fingerprint density at radius 2 is 0.761 bits per heavy atom. The van der Waals surface area contributed by atoms with Gasteiger partial charge in [0.1, 0.15) is 0 Å². The normalized spacial score (nSPS) is 13.6. The van der Waals surface area contributed by atoms with E-state index in [2.05, 4.69) is 278 Å². The Morgan fingerprint density at radius 1 is 0.284 bits per heavy atom. The molecule has 67 heavy (non-hydrogen) atoms. The van der Waals surface area contributed by atoms with Crippen molar-refractivity contribution in [3.63, 3.8) is 0 Å². The third-order valence-electron chi connectivity index (χ3n) is 14.6. The lowest BCUT2D eigenvalue weighted by Gasteiger charge is -2.36. The van der Waals surface area contributed by atoms with E-state index in [1.165, 1.54) is 88.7 Å². The Kier molecular flexibility index (Phi) is 9.05. The maximum Gasteiger partial charge on any atom is 0.0720 e. The lowest BCUT2D eigenvalue weighted by atomic mass is 9.66. The lowest BCUT2D eigenvalue weighted by Crippen LogP contribution is -2.29. The second-order valence-corrected chi connectivity index (χ2v) is 17.9. The lowest BCUT2D eigenvalue weighted by molar-refractivity contribution is 0.768. The van der Waals surface area contributed by atoms with Gasteiger partial charge in [-0.15, -0.1) is 0 Å². The van der Waals surface area contributed by atoms with Crippen LogP contribution in [-0.4, -0.2) is 0 Å². The van der Waals surface area contributed by atoms with Crippen LogP contribution in [0.25, 0.3) is 44.2 Å². The molecule has 0 aromatic heterocycles. The van der Waals surface area contributed by atoms with Gasteiger partial charge < -0.3 is 4.90 Å². The average Bonchev–Trinajstić information content (AvgIpc) is 3.89. The van der Waals surface area contributed by atoms with Crippen molar-refractivity contribution in [1.29, 1.82) is 0 Å². The highest BCUT2D eigenvalue weighted by Crippen LogP contribution is 2.63. The van der Waals surface area contributed by atoms with Gasteiger partial charge in [-0.05, 0) is 119 Å². The van der Waals surface area contributed by atoms with Crippen molar-refractivity contribution < 1.29 is 0 Å². The molecule has 0 unspecified atom stereocenters. The van der Waals surface area contributed by atoms with E-state index in [1.54, 1.807) is 0 Å². The minimum atomic E-state index is -0.648. The van der Waals surface area contributed by atoms with Crippen LogP contribution < -0.4 is 4.90 Å². The molecular formula is C66H45N. The third-order valence-corrected chi connectivity index (χ3v) is 14.6. The molecule has 1 nitrogen and oxygen atoms in total. The first-order chi connectivity index (χ1) is 33.3. The van der Waals surface area contributed by atoms with Gasteiger partial charge in [0.15, 0.2) is 0 Å². The van der Waals surface area contributed by atoms with Gasteiger partial charge in [0, 0.05) is 16.9 Å². The number of benzene rings is 11. The van der Waals surface area contributed by atoms with Crippen LogP contribution in [0.2, 0.25) is 0 Å². The molecule has 0 saturated carbocycles. The topological polar surface area (TPSA) is 3.24 Å². The van der Waals surface area contributed by atoms with Gasteiger partial charge in [-0.25, -0.2) is 0 Å². The van der Waals surface area contributed by atoms with Crippen molar-refractivity contribution >= 4 is 27.8 Å². The molecule has 11 aromatic rings. The number of hydrogen-bond acceptors (Lipinski definition) is 1. The summed E-state index contributed by atoms with van der Waals surface area (Å²) in [4.78, 5) is 2.54. The molecule has 0 fully saturated rings. The molecule has 2 aliphatic carbocycles. The van der Waals surface area contributed by atoms with Crippen LogP contribution >= 0.6 is 0 Å². The van der Waals surface area contributed by atoms with Crippen LogP contribution in [-0.2, 0) is 10.8 Å². The summed E-state index contributed by atoms with van der Waals surface area (Å²) in [5, 5.41) is 2.44. The predicted molar refractivity (Wildman–Crippen MR) is 279 cm³/mol. The first-order valence-corrected chi connectivity index (χ1v) is 23.3. The number of rotatable bonds is 8. The fourth-order valence-electron chi connectivity index (χ4n) is 11.9. The number of fused-ring (bicyclic) bond motifs is 8. The van der Waals surface area contributed by atoms with Gasteiger partial charge in [0.25, 0.3) is 0 Å². The molecule has 1 heteroatoms. The maximum absolute atomic E-state index is 2.54. The molecule has 0 saturated heterocycles. The highest BCUT2D eigenvalue weighted by molar-refractivity contribution is 6.08. The van der Waals surface area contributed by atoms with Crippen LogP contribution in [0.1, 0.15) is 44.5 Å². The number of para-hydroxylation sites is 1. The van der Waals surface area contributed by atoms with Crippen molar-refractivity contribution in [3.05, 3.63) is 317 Å². The van der Waals surface area contributed by atoms with Crippen LogP contribution in [0.4, 0.5) is 17.1 Å². The van der Waals surface area contributed by atoms with E-state index in [0.29, 0.717) is 0 Å². The summed E-state index contributed by atoms with van der Waals surface area (Å²) < 4.78 is 0. The van der Waals surface area contributed by atoms with Crippen molar-refractivity contribution in [2.45, 2.75) is 10.8 Å². The molecule has 2 aliphatic rings. The Hall–Kier alpha value is -8.52. The fourth-order valence-corrected chi connectivity index (χ4v) is 11.9. The summed E-state index contributed by atoms with van der Waals surface area (Å²) in [6.45, 7) is 0. The van der Waals surface area contributed by atoms with Gasteiger partial charge in [-0.3, -0.25) is 0 Å². The molecule has 0 radical (unpaired) electrons. The van der Waals surface area contributed by atoms with Crippen LogP contribution in [0, 0.1) is 0 Å². The van der Waals surface area contributed by atoms with Gasteiger partial charge in [-0.1, -0.05) is 237 Å². The van der Waals surface area contributed by atoms with E-state index in [1.807, 2.05) is 0 Å². The molecule has 0 spiro atoms. The average molecular weight is 852 g/mol. The number of nitrogens with zero attached hydrogens (tertiary/aromatic N) is 1. The van der Waals surface area contributed by atoms with Gasteiger partial charge in [0.2, 0.25) is 0 Å². The van der Waals surface area contributed by atoms with Crippen LogP contribution in [0.3, 0.4) is 0 Å². The summed E-state index contributed by atoms with van der Waals surface area (Å²) in [6, 6.07) is 101. The highest BCUT2D eigenvalue weighted by Gasteiger charge is 2.50. The van der Waals surface area contributed by atoms with Crippen molar-refractivity contribution in [2.24, 2.45) is 0 Å². The molecule has 0 amide bonds. The van der Waals surface area contributed by atoms with Gasteiger partial charge in [0.05, 0.1) is 16.5 Å². The molecule has 0 heterocycles. The summed E-state index contributed by atoms with van der Waals surface area (Å²) in [5.74, 6) is 0. The largest absolute Gasteiger partial charge is 0.310 e. The standard InChI is InChI=1S/C66H45N/c1-7-23-46(24-8-1)47-39-41-58-60(43-47)66(51-30-13-4-14-31-51,52-32-15-5-16-33-52)64-55-36-20-19-25-48(55)44-62(63(58)64)67(53-34-17-6-18-35-53)54-40-42-57-56-37-21-22-38-59(56)65(61(57)45-54,49-26-9-2-10-27-49)50-28-11-3-12-29-50/h1-45H. The van der Waals surface area contributed by atoms with E-state index in [0.717, 1.165) is 17.1 Å². The molecule has 314 valence electrons. The van der Waals surface area contributed by atoms with Crippen molar-refractivity contribution in [1.82, 2.24) is 0 Å². The van der Waals surface area contributed by atoms with Gasteiger partial charge >= 0.3 is 0 Å². The SMILES string of the molecule is c1ccc(-c2ccc3c(c2)C(c2ccccc2)(c2ccccc2)c2c-3c(N(c3ccccc3)c3ccc4c(c3)C(c3ccccc3)(c3ccccc3)c3ccccc3-4)cc3ccccc23)cc1. The molecule has 13 rings (SSSR count). The fraction of sp³-hybridized carbons (Fsp3) is 0.0303. The van der Waals surface area contributed by atoms with E-state index in [9.17, 15) is 0 Å². The second kappa shape index (κ2) is 15.6. The van der Waals surface area contributed by atoms with Crippen LogP contribution in [0.15, 0.2) is 273 Å². The Bertz CT molecular complexity index is 3520. The van der Waals surface area contributed by atoms with E-state index in [-0.39, 0.29) is 0 Å².